The number of aryl methyl sites for hydroxylation is 1. The molecule has 0 N–H and O–H groups in total. The van der Waals surface area contributed by atoms with Crippen LogP contribution in [0, 0.1) is 0 Å². The molecule has 0 atom stereocenters. The molecular formula is C35H36N2O5S2. The van der Waals surface area contributed by atoms with Gasteiger partial charge in [0.05, 0.1) is 12.0 Å². The van der Waals surface area contributed by atoms with E-state index in [2.05, 4.69) is 4.90 Å². The molecule has 9 heteroatoms. The molecule has 6 rings (SSSR count). The van der Waals surface area contributed by atoms with Crippen molar-refractivity contribution in [2.75, 3.05) is 38.2 Å². The highest BCUT2D eigenvalue weighted by molar-refractivity contribution is 7.89. The number of benzene rings is 3. The number of sulfonamides is 1. The Labute approximate surface area is 263 Å². The van der Waals surface area contributed by atoms with Crippen molar-refractivity contribution in [3.8, 4) is 5.75 Å². The predicted octanol–water partition coefficient (Wildman–Crippen LogP) is 6.00. The van der Waals surface area contributed by atoms with E-state index in [-0.39, 0.29) is 29.3 Å². The molecule has 2 heterocycles. The molecule has 1 aliphatic heterocycles. The highest BCUT2D eigenvalue weighted by Gasteiger charge is 2.30. The van der Waals surface area contributed by atoms with Gasteiger partial charge in [0.25, 0.3) is 0 Å². The van der Waals surface area contributed by atoms with Crippen LogP contribution in [0.5, 0.6) is 5.75 Å². The number of thiophene rings is 1. The third-order valence-corrected chi connectivity index (χ3v) is 11.7. The monoisotopic (exact) mass is 628 g/mol. The van der Waals surface area contributed by atoms with Gasteiger partial charge in [-0.25, -0.2) is 8.42 Å². The lowest BCUT2D eigenvalue weighted by atomic mass is 9.90. The van der Waals surface area contributed by atoms with Crippen LogP contribution in [0.4, 0.5) is 5.69 Å². The second kappa shape index (κ2) is 13.1. The first-order valence-corrected chi connectivity index (χ1v) is 17.3. The van der Waals surface area contributed by atoms with Crippen LogP contribution in [-0.2, 0) is 35.7 Å². The maximum Gasteiger partial charge on any atom is 0.243 e. The van der Waals surface area contributed by atoms with Crippen LogP contribution >= 0.6 is 11.3 Å². The minimum Gasteiger partial charge on any atom is -0.497 e. The normalized spacial score (nSPS) is 15.5. The number of hydrogen-bond donors (Lipinski definition) is 0. The van der Waals surface area contributed by atoms with E-state index < -0.39 is 10.0 Å². The van der Waals surface area contributed by atoms with Gasteiger partial charge < -0.3 is 9.64 Å². The number of anilines is 1. The van der Waals surface area contributed by atoms with E-state index in [0.29, 0.717) is 37.3 Å². The second-order valence-electron chi connectivity index (χ2n) is 11.3. The SMILES string of the molecule is COc1ccc(CC(=O)c2c(CC(=O)c3cccc(S(=O)(=O)N4CCN(c5ccccc5)CC4)c3)sc3c2CCCC3)cc1. The van der Waals surface area contributed by atoms with Crippen LogP contribution in [-0.4, -0.2) is 57.6 Å². The van der Waals surface area contributed by atoms with E-state index in [1.807, 2.05) is 54.6 Å². The number of nitrogens with zero attached hydrogens (tertiary/aromatic N) is 2. The molecule has 4 aromatic rings. The van der Waals surface area contributed by atoms with Gasteiger partial charge in [-0.2, -0.15) is 4.31 Å². The lowest BCUT2D eigenvalue weighted by molar-refractivity contribution is 0.0989. The van der Waals surface area contributed by atoms with Crippen LogP contribution in [0.3, 0.4) is 0 Å². The quantitative estimate of drug-likeness (QED) is 0.201. The van der Waals surface area contributed by atoms with Gasteiger partial charge in [0, 0.05) is 65.6 Å². The summed E-state index contributed by atoms with van der Waals surface area (Å²) in [6, 6.07) is 23.8. The Morgan fingerprint density at radius 3 is 2.27 bits per heavy atom. The van der Waals surface area contributed by atoms with Gasteiger partial charge in [0.1, 0.15) is 5.75 Å². The summed E-state index contributed by atoms with van der Waals surface area (Å²) in [4.78, 5) is 31.6. The van der Waals surface area contributed by atoms with Crippen molar-refractivity contribution in [1.29, 1.82) is 0 Å². The van der Waals surface area contributed by atoms with E-state index in [4.69, 9.17) is 4.74 Å². The van der Waals surface area contributed by atoms with Crippen LogP contribution in [0.15, 0.2) is 83.8 Å². The molecule has 1 aromatic heterocycles. The van der Waals surface area contributed by atoms with Gasteiger partial charge in [0.2, 0.25) is 10.0 Å². The molecule has 1 fully saturated rings. The van der Waals surface area contributed by atoms with Crippen molar-refractivity contribution < 1.29 is 22.7 Å². The first-order chi connectivity index (χ1) is 21.3. The zero-order valence-electron chi connectivity index (χ0n) is 24.8. The minimum absolute atomic E-state index is 0.0170. The number of methoxy groups -OCH3 is 1. The Morgan fingerprint density at radius 1 is 0.818 bits per heavy atom. The molecule has 7 nitrogen and oxygen atoms in total. The van der Waals surface area contributed by atoms with Crippen molar-refractivity contribution in [2.45, 2.75) is 43.4 Å². The maximum atomic E-state index is 13.7. The summed E-state index contributed by atoms with van der Waals surface area (Å²) in [7, 11) is -2.16. The Bertz CT molecular complexity index is 1760. The maximum absolute atomic E-state index is 13.7. The summed E-state index contributed by atoms with van der Waals surface area (Å²) < 4.78 is 33.9. The molecule has 228 valence electrons. The van der Waals surface area contributed by atoms with E-state index in [1.165, 1.54) is 15.2 Å². The molecule has 0 amide bonds. The third-order valence-electron chi connectivity index (χ3n) is 8.52. The molecule has 1 saturated heterocycles. The fraction of sp³-hybridized carbons (Fsp3) is 0.314. The topological polar surface area (TPSA) is 84.0 Å². The largest absolute Gasteiger partial charge is 0.497 e. The third kappa shape index (κ3) is 6.36. The lowest BCUT2D eigenvalue weighted by Crippen LogP contribution is -2.48. The van der Waals surface area contributed by atoms with E-state index in [0.717, 1.165) is 53.1 Å². The summed E-state index contributed by atoms with van der Waals surface area (Å²) >= 11 is 1.57. The van der Waals surface area contributed by atoms with Crippen LogP contribution in [0.1, 0.15) is 54.4 Å². The zero-order valence-corrected chi connectivity index (χ0v) is 26.5. The van der Waals surface area contributed by atoms with Crippen LogP contribution in [0.25, 0.3) is 0 Å². The van der Waals surface area contributed by atoms with Gasteiger partial charge in [-0.05, 0) is 73.2 Å². The summed E-state index contributed by atoms with van der Waals surface area (Å²) in [5, 5.41) is 0. The molecule has 0 spiro atoms. The van der Waals surface area contributed by atoms with Gasteiger partial charge in [-0.3, -0.25) is 9.59 Å². The number of carbonyl (C=O) groups excluding carboxylic acids is 2. The van der Waals surface area contributed by atoms with E-state index in [9.17, 15) is 18.0 Å². The number of rotatable bonds is 10. The van der Waals surface area contributed by atoms with Crippen molar-refractivity contribution >= 4 is 38.6 Å². The summed E-state index contributed by atoms with van der Waals surface area (Å²) in [6.45, 7) is 1.93. The minimum atomic E-state index is -3.77. The number of ether oxygens (including phenoxy) is 1. The van der Waals surface area contributed by atoms with Crippen LogP contribution < -0.4 is 9.64 Å². The first-order valence-electron chi connectivity index (χ1n) is 15.1. The fourth-order valence-corrected chi connectivity index (χ4v) is 9.02. The Hall–Kier alpha value is -3.79. The fourth-order valence-electron chi connectivity index (χ4n) is 6.14. The van der Waals surface area contributed by atoms with E-state index in [1.54, 1.807) is 36.6 Å². The Balaban J connectivity index is 1.19. The average molecular weight is 629 g/mol. The van der Waals surface area contributed by atoms with E-state index >= 15 is 0 Å². The number of para-hydroxylation sites is 1. The molecule has 0 unspecified atom stereocenters. The molecule has 1 aliphatic carbocycles. The van der Waals surface area contributed by atoms with Crippen molar-refractivity contribution in [3.05, 3.63) is 111 Å². The summed E-state index contributed by atoms with van der Waals surface area (Å²) in [5.41, 5.74) is 4.09. The molecule has 0 saturated carbocycles. The summed E-state index contributed by atoms with van der Waals surface area (Å²) in [6.07, 6.45) is 4.18. The van der Waals surface area contributed by atoms with Crippen molar-refractivity contribution in [2.24, 2.45) is 0 Å². The molecule has 2 aliphatic rings. The molecule has 44 heavy (non-hydrogen) atoms. The van der Waals surface area contributed by atoms with Gasteiger partial charge in [-0.1, -0.05) is 42.5 Å². The number of hydrogen-bond acceptors (Lipinski definition) is 7. The second-order valence-corrected chi connectivity index (χ2v) is 14.4. The number of carbonyl (C=O) groups is 2. The smallest absolute Gasteiger partial charge is 0.243 e. The van der Waals surface area contributed by atoms with Crippen molar-refractivity contribution in [1.82, 2.24) is 4.31 Å². The highest BCUT2D eigenvalue weighted by atomic mass is 32.2. The number of Topliss-reactive ketones (excluding diaryl/α,β-unsaturated/α-hetero) is 2. The van der Waals surface area contributed by atoms with Gasteiger partial charge in [-0.15, -0.1) is 11.3 Å². The predicted molar refractivity (Wildman–Crippen MR) is 174 cm³/mol. The number of piperazine rings is 1. The lowest BCUT2D eigenvalue weighted by Gasteiger charge is -2.35. The molecule has 0 radical (unpaired) electrons. The van der Waals surface area contributed by atoms with Crippen LogP contribution in [0.2, 0.25) is 0 Å². The molecule has 0 bridgehead atoms. The molecular weight excluding hydrogens is 593 g/mol. The Morgan fingerprint density at radius 2 is 1.55 bits per heavy atom. The number of ketones is 2. The Kier molecular flexibility index (Phi) is 8.98. The standard InChI is InChI=1S/C35H36N2O5S2/c1-42-28-16-14-25(15-17-28)22-32(39)35-30-12-5-6-13-33(30)43-34(35)24-31(38)26-8-7-11-29(23-26)44(40,41)37-20-18-36(19-21-37)27-9-3-2-4-10-27/h2-4,7-11,14-17,23H,5-6,12-13,18-22,24H2,1H3. The molecule has 3 aromatic carbocycles. The summed E-state index contributed by atoms with van der Waals surface area (Å²) in [5.74, 6) is 0.565. The average Bonchev–Trinajstić information content (AvgIpc) is 3.43. The first kappa shape index (κ1) is 30.2. The van der Waals surface area contributed by atoms with Crippen molar-refractivity contribution in [3.63, 3.8) is 0 Å². The highest BCUT2D eigenvalue weighted by Crippen LogP contribution is 2.36. The zero-order chi connectivity index (χ0) is 30.7. The van der Waals surface area contributed by atoms with Gasteiger partial charge in [0.15, 0.2) is 11.6 Å². The van der Waals surface area contributed by atoms with Gasteiger partial charge >= 0.3 is 0 Å². The number of fused-ring (bicyclic) bond motifs is 1.